The van der Waals surface area contributed by atoms with Crippen molar-refractivity contribution in [2.24, 2.45) is 0 Å². The average molecular weight is 233 g/mol. The van der Waals surface area contributed by atoms with E-state index in [1.54, 1.807) is 6.92 Å². The van der Waals surface area contributed by atoms with Gasteiger partial charge in [-0.2, -0.15) is 0 Å². The minimum atomic E-state index is -5.20. The second-order valence-corrected chi connectivity index (χ2v) is 3.50. The highest BCUT2D eigenvalue weighted by molar-refractivity contribution is 6.74. The molecule has 1 nitrogen and oxygen atoms in total. The Labute approximate surface area is 90.8 Å². The lowest BCUT2D eigenvalue weighted by Gasteiger charge is -2.19. The van der Waals surface area contributed by atoms with Gasteiger partial charge >= 0.3 is 6.98 Å². The first-order chi connectivity index (χ1) is 7.30. The van der Waals surface area contributed by atoms with Crippen molar-refractivity contribution in [2.75, 3.05) is 6.61 Å². The zero-order valence-corrected chi connectivity index (χ0v) is 8.64. The molecule has 0 radical (unpaired) electrons. The maximum Gasteiger partial charge on any atom is 0.513 e. The van der Waals surface area contributed by atoms with Crippen LogP contribution in [0.15, 0.2) is 30.4 Å². The van der Waals surface area contributed by atoms with Crippen molar-refractivity contribution < 1.29 is 22.1 Å². The fourth-order valence-electron chi connectivity index (χ4n) is 1.10. The van der Waals surface area contributed by atoms with E-state index in [-0.39, 0.29) is 6.61 Å². The average Bonchev–Trinajstić information content (AvgIpc) is 2.12. The Morgan fingerprint density at radius 3 is 2.50 bits per heavy atom. The number of hydrogen-bond donors (Lipinski definition) is 0. The molecule has 0 fully saturated rings. The van der Waals surface area contributed by atoms with Crippen LogP contribution in [0.3, 0.4) is 0 Å². The maximum absolute atomic E-state index is 12.8. The highest BCUT2D eigenvalue weighted by atomic mass is 19.4. The molecule has 0 amide bonds. The van der Waals surface area contributed by atoms with Crippen molar-refractivity contribution in [2.45, 2.75) is 6.92 Å². The quantitative estimate of drug-likeness (QED) is 0.441. The summed E-state index contributed by atoms with van der Waals surface area (Å²) < 4.78 is 55.3. The van der Waals surface area contributed by atoms with E-state index in [1.807, 2.05) is 0 Å². The summed E-state index contributed by atoms with van der Waals surface area (Å²) in [5, 5.41) is 0. The molecule has 0 bridgehead atoms. The molecule has 0 atom stereocenters. The van der Waals surface area contributed by atoms with E-state index in [0.29, 0.717) is 11.6 Å². The van der Waals surface area contributed by atoms with Crippen molar-refractivity contribution in [3.63, 3.8) is 0 Å². The van der Waals surface area contributed by atoms with Crippen LogP contribution in [0.1, 0.15) is 6.92 Å². The normalized spacial score (nSPS) is 11.3. The predicted octanol–water partition coefficient (Wildman–Crippen LogP) is 2.84. The summed E-state index contributed by atoms with van der Waals surface area (Å²) in [6.07, 6.45) is 0. The number of halogens is 4. The fourth-order valence-corrected chi connectivity index (χ4v) is 1.10. The molecule has 16 heavy (non-hydrogen) atoms. The van der Waals surface area contributed by atoms with Gasteiger partial charge in [-0.05, 0) is 18.6 Å². The molecule has 1 aromatic carbocycles. The molecule has 1 rings (SSSR count). The molecule has 88 valence electrons. The smallest absolute Gasteiger partial charge is 0.492 e. The Morgan fingerprint density at radius 2 is 2.00 bits per heavy atom. The minimum absolute atomic E-state index is 0.0669. The van der Waals surface area contributed by atoms with Crippen molar-refractivity contribution in [3.05, 3.63) is 36.2 Å². The molecular formula is C10H10BF4O-. The highest BCUT2D eigenvalue weighted by Crippen LogP contribution is 2.19. The van der Waals surface area contributed by atoms with Crippen LogP contribution in [0.2, 0.25) is 0 Å². The summed E-state index contributed by atoms with van der Waals surface area (Å²) >= 11 is 0. The van der Waals surface area contributed by atoms with Crippen molar-refractivity contribution in [1.29, 1.82) is 0 Å². The summed E-state index contributed by atoms with van der Waals surface area (Å²) in [6, 6.07) is 2.18. The molecule has 0 spiro atoms. The molecule has 0 unspecified atom stereocenters. The number of ether oxygens (including phenoxy) is 1. The number of benzene rings is 1. The number of hydrogen-bond acceptors (Lipinski definition) is 1. The van der Waals surface area contributed by atoms with Crippen LogP contribution < -0.4 is 10.2 Å². The molecule has 0 aliphatic carbocycles. The highest BCUT2D eigenvalue weighted by Gasteiger charge is 2.29. The van der Waals surface area contributed by atoms with E-state index < -0.39 is 24.0 Å². The van der Waals surface area contributed by atoms with Gasteiger partial charge in [0.05, 0.1) is 5.75 Å². The SMILES string of the molecule is C=C(C)COc1cc(F)ccc1[B-](F)(F)F. The Bertz CT molecular complexity index is 400. The first-order valence-electron chi connectivity index (χ1n) is 4.57. The molecule has 0 aliphatic rings. The van der Waals surface area contributed by atoms with E-state index >= 15 is 0 Å². The molecule has 0 saturated heterocycles. The molecule has 0 N–H and O–H groups in total. The van der Waals surface area contributed by atoms with Crippen LogP contribution in [-0.4, -0.2) is 13.6 Å². The van der Waals surface area contributed by atoms with Crippen molar-refractivity contribution in [1.82, 2.24) is 0 Å². The van der Waals surface area contributed by atoms with E-state index in [9.17, 15) is 17.3 Å². The van der Waals surface area contributed by atoms with Crippen LogP contribution >= 0.6 is 0 Å². The molecule has 1 aromatic rings. The largest absolute Gasteiger partial charge is 0.513 e. The van der Waals surface area contributed by atoms with Gasteiger partial charge in [-0.3, -0.25) is 0 Å². The summed E-state index contributed by atoms with van der Waals surface area (Å²) in [6.45, 7) is -0.172. The van der Waals surface area contributed by atoms with Crippen LogP contribution in [0.5, 0.6) is 5.75 Å². The van der Waals surface area contributed by atoms with Crippen molar-refractivity contribution in [3.8, 4) is 5.75 Å². The third-order valence-electron chi connectivity index (χ3n) is 1.80. The Hall–Kier alpha value is -1.46. The van der Waals surface area contributed by atoms with E-state index in [1.165, 1.54) is 0 Å². The lowest BCUT2D eigenvalue weighted by molar-refractivity contribution is 0.350. The summed E-state index contributed by atoms with van der Waals surface area (Å²) in [5.74, 6) is -1.25. The summed E-state index contributed by atoms with van der Waals surface area (Å²) in [5.41, 5.74) is -0.368. The van der Waals surface area contributed by atoms with Crippen LogP contribution in [-0.2, 0) is 0 Å². The third kappa shape index (κ3) is 3.29. The minimum Gasteiger partial charge on any atom is -0.492 e. The third-order valence-corrected chi connectivity index (χ3v) is 1.80. The molecule has 0 saturated carbocycles. The van der Waals surface area contributed by atoms with Gasteiger partial charge in [0.15, 0.2) is 0 Å². The van der Waals surface area contributed by atoms with E-state index in [4.69, 9.17) is 4.74 Å². The standard InChI is InChI=1S/C10H10BF4O/c1-7(2)6-16-10-5-8(12)3-4-9(10)11(13,14)15/h3-5H,1,6H2,2H3/q-1. The molecule has 0 aliphatic heterocycles. The first-order valence-corrected chi connectivity index (χ1v) is 4.57. The topological polar surface area (TPSA) is 9.23 Å². The Morgan fingerprint density at radius 1 is 1.38 bits per heavy atom. The summed E-state index contributed by atoms with van der Waals surface area (Å²) in [4.78, 5) is 0. The van der Waals surface area contributed by atoms with Gasteiger partial charge in [0.25, 0.3) is 0 Å². The van der Waals surface area contributed by atoms with Crippen LogP contribution in [0.4, 0.5) is 17.3 Å². The molecule has 6 heteroatoms. The van der Waals surface area contributed by atoms with Gasteiger partial charge < -0.3 is 17.7 Å². The molecule has 0 aromatic heterocycles. The predicted molar refractivity (Wildman–Crippen MR) is 55.4 cm³/mol. The monoisotopic (exact) mass is 233 g/mol. The summed E-state index contributed by atoms with van der Waals surface area (Å²) in [7, 11) is 0. The second-order valence-electron chi connectivity index (χ2n) is 3.50. The van der Waals surface area contributed by atoms with Crippen LogP contribution in [0, 0.1) is 5.82 Å². The zero-order chi connectivity index (χ0) is 12.3. The van der Waals surface area contributed by atoms with E-state index in [0.717, 1.165) is 12.1 Å². The van der Waals surface area contributed by atoms with Gasteiger partial charge in [0, 0.05) is 6.07 Å². The first kappa shape index (κ1) is 12.6. The van der Waals surface area contributed by atoms with Gasteiger partial charge in [-0.25, -0.2) is 4.39 Å². The Kier molecular flexibility index (Phi) is 3.62. The molecular weight excluding hydrogens is 223 g/mol. The van der Waals surface area contributed by atoms with Gasteiger partial charge in [0.2, 0.25) is 0 Å². The van der Waals surface area contributed by atoms with Gasteiger partial charge in [-0.15, -0.1) is 0 Å². The maximum atomic E-state index is 12.8. The van der Waals surface area contributed by atoms with Gasteiger partial charge in [0.1, 0.15) is 12.4 Å². The molecule has 0 heterocycles. The Balaban J connectivity index is 3.04. The fraction of sp³-hybridized carbons (Fsp3) is 0.200. The van der Waals surface area contributed by atoms with E-state index in [2.05, 4.69) is 6.58 Å². The lowest BCUT2D eigenvalue weighted by Crippen LogP contribution is -2.35. The lowest BCUT2D eigenvalue weighted by atomic mass is 9.79. The second kappa shape index (κ2) is 4.59. The van der Waals surface area contributed by atoms with Crippen molar-refractivity contribution >= 4 is 12.4 Å². The van der Waals surface area contributed by atoms with Crippen LogP contribution in [0.25, 0.3) is 0 Å². The zero-order valence-electron chi connectivity index (χ0n) is 8.64. The van der Waals surface area contributed by atoms with Gasteiger partial charge in [-0.1, -0.05) is 18.1 Å². The number of rotatable bonds is 4.